The van der Waals surface area contributed by atoms with Gasteiger partial charge in [-0.05, 0) is 38.5 Å². The number of aliphatic hydroxyl groups is 1. The second kappa shape index (κ2) is 7.53. The van der Waals surface area contributed by atoms with Gasteiger partial charge in [0.25, 0.3) is 0 Å². The number of halogens is 1. The summed E-state index contributed by atoms with van der Waals surface area (Å²) < 4.78 is 13.8. The Balaban J connectivity index is 2.88. The smallest absolute Gasteiger partial charge is 0.127 e. The van der Waals surface area contributed by atoms with E-state index in [4.69, 9.17) is 23.1 Å². The summed E-state index contributed by atoms with van der Waals surface area (Å²) in [5.41, 5.74) is 6.82. The van der Waals surface area contributed by atoms with Gasteiger partial charge in [0.1, 0.15) is 10.8 Å². The second-order valence-electron chi connectivity index (χ2n) is 4.81. The summed E-state index contributed by atoms with van der Waals surface area (Å²) in [5, 5.41) is 8.90. The Labute approximate surface area is 119 Å². The molecular formula is C14H21FN2OS. The van der Waals surface area contributed by atoms with E-state index in [1.807, 2.05) is 13.8 Å². The average molecular weight is 284 g/mol. The van der Waals surface area contributed by atoms with Gasteiger partial charge in [0.05, 0.1) is 0 Å². The zero-order chi connectivity index (χ0) is 14.4. The molecule has 0 unspecified atom stereocenters. The van der Waals surface area contributed by atoms with Crippen LogP contribution in [0.15, 0.2) is 18.2 Å². The highest BCUT2D eigenvalue weighted by molar-refractivity contribution is 7.80. The van der Waals surface area contributed by atoms with Crippen molar-refractivity contribution in [3.63, 3.8) is 0 Å². The van der Waals surface area contributed by atoms with Crippen LogP contribution in [0.5, 0.6) is 0 Å². The maximum absolute atomic E-state index is 13.8. The van der Waals surface area contributed by atoms with Crippen molar-refractivity contribution in [2.75, 3.05) is 13.2 Å². The number of hydrogen-bond acceptors (Lipinski definition) is 3. The van der Waals surface area contributed by atoms with Crippen LogP contribution in [0, 0.1) is 5.82 Å². The van der Waals surface area contributed by atoms with Gasteiger partial charge in [0.2, 0.25) is 0 Å². The Kier molecular flexibility index (Phi) is 6.34. The van der Waals surface area contributed by atoms with Gasteiger partial charge in [-0.25, -0.2) is 4.39 Å². The fraction of sp³-hybridized carbons (Fsp3) is 0.500. The molecule has 0 heterocycles. The van der Waals surface area contributed by atoms with Crippen molar-refractivity contribution in [3.05, 3.63) is 35.1 Å². The van der Waals surface area contributed by atoms with Crippen molar-refractivity contribution < 1.29 is 9.50 Å². The van der Waals surface area contributed by atoms with E-state index < -0.39 is 0 Å². The van der Waals surface area contributed by atoms with Gasteiger partial charge < -0.3 is 10.8 Å². The van der Waals surface area contributed by atoms with Crippen LogP contribution in [0.3, 0.4) is 0 Å². The van der Waals surface area contributed by atoms with Crippen LogP contribution in [0.2, 0.25) is 0 Å². The number of rotatable bonds is 7. The Morgan fingerprint density at radius 2 is 2.16 bits per heavy atom. The summed E-state index contributed by atoms with van der Waals surface area (Å²) in [4.78, 5) is 2.38. The first-order chi connectivity index (χ1) is 8.95. The SMILES string of the molecule is CC(C)N(CCCO)Cc1cc(C(N)=S)ccc1F. The lowest BCUT2D eigenvalue weighted by Crippen LogP contribution is -2.32. The second-order valence-corrected chi connectivity index (χ2v) is 5.25. The molecule has 0 saturated heterocycles. The van der Waals surface area contributed by atoms with E-state index in [2.05, 4.69) is 4.90 Å². The van der Waals surface area contributed by atoms with E-state index >= 15 is 0 Å². The molecular weight excluding hydrogens is 263 g/mol. The molecule has 0 aliphatic carbocycles. The zero-order valence-electron chi connectivity index (χ0n) is 11.4. The minimum absolute atomic E-state index is 0.138. The molecule has 1 rings (SSSR count). The molecule has 0 aliphatic heterocycles. The Morgan fingerprint density at radius 1 is 1.47 bits per heavy atom. The topological polar surface area (TPSA) is 49.5 Å². The van der Waals surface area contributed by atoms with Crippen LogP contribution >= 0.6 is 12.2 Å². The lowest BCUT2D eigenvalue weighted by atomic mass is 10.1. The van der Waals surface area contributed by atoms with Gasteiger partial charge in [-0.1, -0.05) is 12.2 Å². The fourth-order valence-corrected chi connectivity index (χ4v) is 1.99. The molecule has 5 heteroatoms. The molecule has 0 atom stereocenters. The van der Waals surface area contributed by atoms with E-state index in [0.717, 1.165) is 6.54 Å². The fourth-order valence-electron chi connectivity index (χ4n) is 1.86. The van der Waals surface area contributed by atoms with Gasteiger partial charge in [-0.15, -0.1) is 0 Å². The maximum Gasteiger partial charge on any atom is 0.127 e. The van der Waals surface area contributed by atoms with Crippen molar-refractivity contribution in [1.82, 2.24) is 4.90 Å². The third-order valence-electron chi connectivity index (χ3n) is 3.04. The van der Waals surface area contributed by atoms with E-state index in [1.54, 1.807) is 12.1 Å². The van der Waals surface area contributed by atoms with Crippen LogP contribution in [0.25, 0.3) is 0 Å². The standard InChI is InChI=1S/C14H21FN2OS/c1-10(2)17(6-3-7-18)9-12-8-11(14(16)19)4-5-13(12)15/h4-5,8,10,18H,3,6-7,9H2,1-2H3,(H2,16,19). The molecule has 0 aliphatic rings. The van der Waals surface area contributed by atoms with Crippen molar-refractivity contribution in [2.45, 2.75) is 32.9 Å². The quantitative estimate of drug-likeness (QED) is 0.753. The van der Waals surface area contributed by atoms with Crippen LogP contribution in [-0.2, 0) is 6.54 Å². The molecule has 1 aromatic rings. The van der Waals surface area contributed by atoms with Crippen LogP contribution < -0.4 is 5.73 Å². The number of nitrogens with two attached hydrogens (primary N) is 1. The molecule has 0 radical (unpaired) electrons. The lowest BCUT2D eigenvalue weighted by molar-refractivity contribution is 0.183. The number of nitrogens with zero attached hydrogens (tertiary/aromatic N) is 1. The van der Waals surface area contributed by atoms with E-state index in [-0.39, 0.29) is 23.5 Å². The molecule has 0 aromatic heterocycles. The van der Waals surface area contributed by atoms with Crippen molar-refractivity contribution in [1.29, 1.82) is 0 Å². The van der Waals surface area contributed by atoms with Crippen LogP contribution in [-0.4, -0.2) is 34.2 Å². The third kappa shape index (κ3) is 4.86. The highest BCUT2D eigenvalue weighted by atomic mass is 32.1. The third-order valence-corrected chi connectivity index (χ3v) is 3.27. The minimum atomic E-state index is -0.255. The first-order valence-corrected chi connectivity index (χ1v) is 6.79. The summed E-state index contributed by atoms with van der Waals surface area (Å²) in [6.07, 6.45) is 0.675. The molecule has 3 N–H and O–H groups in total. The molecule has 106 valence electrons. The molecule has 0 amide bonds. The minimum Gasteiger partial charge on any atom is -0.396 e. The van der Waals surface area contributed by atoms with E-state index in [1.165, 1.54) is 6.07 Å². The van der Waals surface area contributed by atoms with Crippen molar-refractivity contribution >= 4 is 17.2 Å². The Hall–Kier alpha value is -1.04. The van der Waals surface area contributed by atoms with Crippen LogP contribution in [0.1, 0.15) is 31.4 Å². The van der Waals surface area contributed by atoms with Crippen molar-refractivity contribution in [2.24, 2.45) is 5.73 Å². The normalized spacial score (nSPS) is 11.3. The predicted molar refractivity (Wildman–Crippen MR) is 79.5 cm³/mol. The number of hydrogen-bond donors (Lipinski definition) is 2. The highest BCUT2D eigenvalue weighted by Gasteiger charge is 2.13. The summed E-state index contributed by atoms with van der Waals surface area (Å²) in [6, 6.07) is 4.97. The number of thiocarbonyl (C=S) groups is 1. The monoisotopic (exact) mass is 284 g/mol. The summed E-state index contributed by atoms with van der Waals surface area (Å²) in [7, 11) is 0. The maximum atomic E-state index is 13.8. The van der Waals surface area contributed by atoms with Crippen molar-refractivity contribution in [3.8, 4) is 0 Å². The van der Waals surface area contributed by atoms with Crippen LogP contribution in [0.4, 0.5) is 4.39 Å². The Bertz CT molecular complexity index is 437. The summed E-state index contributed by atoms with van der Waals surface area (Å²) in [6.45, 7) is 5.45. The summed E-state index contributed by atoms with van der Waals surface area (Å²) in [5.74, 6) is -0.255. The molecule has 3 nitrogen and oxygen atoms in total. The number of benzene rings is 1. The first kappa shape index (κ1) is 16.0. The molecule has 19 heavy (non-hydrogen) atoms. The lowest BCUT2D eigenvalue weighted by Gasteiger charge is -2.26. The van der Waals surface area contributed by atoms with Gasteiger partial charge in [0, 0.05) is 36.9 Å². The molecule has 1 aromatic carbocycles. The van der Waals surface area contributed by atoms with Gasteiger partial charge in [-0.2, -0.15) is 0 Å². The number of aliphatic hydroxyl groups excluding tert-OH is 1. The predicted octanol–water partition coefficient (Wildman–Crippen LogP) is 2.05. The largest absolute Gasteiger partial charge is 0.396 e. The molecule has 0 spiro atoms. The molecule has 0 bridgehead atoms. The molecule has 0 fully saturated rings. The van der Waals surface area contributed by atoms with Gasteiger partial charge in [0.15, 0.2) is 0 Å². The average Bonchev–Trinajstić information content (AvgIpc) is 2.35. The van der Waals surface area contributed by atoms with E-state index in [0.29, 0.717) is 24.1 Å². The van der Waals surface area contributed by atoms with E-state index in [9.17, 15) is 4.39 Å². The van der Waals surface area contributed by atoms with Gasteiger partial charge >= 0.3 is 0 Å². The first-order valence-electron chi connectivity index (χ1n) is 6.38. The zero-order valence-corrected chi connectivity index (χ0v) is 12.2. The van der Waals surface area contributed by atoms with Gasteiger partial charge in [-0.3, -0.25) is 4.90 Å². The Morgan fingerprint density at radius 3 is 2.68 bits per heavy atom. The molecule has 0 saturated carbocycles. The summed E-state index contributed by atoms with van der Waals surface area (Å²) >= 11 is 4.91. The highest BCUT2D eigenvalue weighted by Crippen LogP contribution is 2.15.